The van der Waals surface area contributed by atoms with Gasteiger partial charge in [0.15, 0.2) is 0 Å². The number of benzene rings is 3. The van der Waals surface area contributed by atoms with Gasteiger partial charge in [-0.3, -0.25) is 9.71 Å². The van der Waals surface area contributed by atoms with Crippen LogP contribution in [0.5, 0.6) is 0 Å². The van der Waals surface area contributed by atoms with Crippen LogP contribution in [0.25, 0.3) is 0 Å². The molecule has 0 aliphatic rings. The first kappa shape index (κ1) is 21.1. The third kappa shape index (κ3) is 5.28. The van der Waals surface area contributed by atoms with E-state index in [1.165, 1.54) is 4.90 Å². The summed E-state index contributed by atoms with van der Waals surface area (Å²) >= 11 is 1.69. The summed E-state index contributed by atoms with van der Waals surface area (Å²) in [7, 11) is -3.67. The summed E-state index contributed by atoms with van der Waals surface area (Å²) in [6.45, 7) is 5.80. The zero-order valence-corrected chi connectivity index (χ0v) is 18.6. The van der Waals surface area contributed by atoms with E-state index in [1.807, 2.05) is 63.4 Å². The van der Waals surface area contributed by atoms with Crippen molar-refractivity contribution in [3.8, 4) is 0 Å². The largest absolute Gasteiger partial charge is 0.279 e. The molecule has 3 aromatic rings. The molecule has 3 rings (SSSR count). The smallest absolute Gasteiger partial charge is 0.261 e. The lowest BCUT2D eigenvalue weighted by Gasteiger charge is -2.14. The number of hydrogen-bond donors (Lipinski definition) is 1. The summed E-state index contributed by atoms with van der Waals surface area (Å²) in [6.07, 6.45) is 3.81. The van der Waals surface area contributed by atoms with Crippen molar-refractivity contribution in [2.75, 3.05) is 11.0 Å². The third-order valence-corrected chi connectivity index (χ3v) is 6.65. The van der Waals surface area contributed by atoms with Crippen molar-refractivity contribution < 1.29 is 8.42 Å². The first-order valence-corrected chi connectivity index (χ1v) is 11.9. The Kier molecular flexibility index (Phi) is 6.45. The highest BCUT2D eigenvalue weighted by Gasteiger charge is 2.16. The maximum atomic E-state index is 12.8. The molecule has 0 heterocycles. The first-order chi connectivity index (χ1) is 13.8. The van der Waals surface area contributed by atoms with Gasteiger partial charge in [0.25, 0.3) is 10.0 Å². The van der Waals surface area contributed by atoms with Gasteiger partial charge in [-0.2, -0.15) is 0 Å². The minimum Gasteiger partial charge on any atom is -0.279 e. The fourth-order valence-electron chi connectivity index (χ4n) is 3.08. The van der Waals surface area contributed by atoms with Gasteiger partial charge in [-0.1, -0.05) is 29.8 Å². The normalized spacial score (nSPS) is 11.7. The van der Waals surface area contributed by atoms with Crippen molar-refractivity contribution in [1.82, 2.24) is 0 Å². The van der Waals surface area contributed by atoms with Gasteiger partial charge in [-0.15, -0.1) is 11.8 Å². The SMILES string of the molecule is CSc1ccc(C=Nc2ccc(S(=O)(=O)Nc3c(C)cc(C)cc3C)cc2)cc1. The number of aliphatic imine (C=N–C) groups is 1. The predicted molar refractivity (Wildman–Crippen MR) is 123 cm³/mol. The van der Waals surface area contributed by atoms with Gasteiger partial charge < -0.3 is 0 Å². The van der Waals surface area contributed by atoms with E-state index in [2.05, 4.69) is 9.71 Å². The highest BCUT2D eigenvalue weighted by Crippen LogP contribution is 2.26. The summed E-state index contributed by atoms with van der Waals surface area (Å²) in [5.74, 6) is 0. The number of aryl methyl sites for hydroxylation is 3. The van der Waals surface area contributed by atoms with Crippen molar-refractivity contribution in [2.45, 2.75) is 30.6 Å². The molecule has 0 saturated carbocycles. The Labute approximate surface area is 177 Å². The molecule has 0 fully saturated rings. The second kappa shape index (κ2) is 8.84. The maximum absolute atomic E-state index is 12.8. The summed E-state index contributed by atoms with van der Waals surface area (Å²) in [4.78, 5) is 5.84. The van der Waals surface area contributed by atoms with Crippen LogP contribution in [-0.2, 0) is 10.0 Å². The lowest BCUT2D eigenvalue weighted by atomic mass is 10.1. The molecule has 6 heteroatoms. The van der Waals surface area contributed by atoms with Crippen molar-refractivity contribution in [2.24, 2.45) is 4.99 Å². The van der Waals surface area contributed by atoms with E-state index in [-0.39, 0.29) is 4.90 Å². The van der Waals surface area contributed by atoms with E-state index < -0.39 is 10.0 Å². The molecule has 0 aliphatic carbocycles. The molecule has 0 unspecified atom stereocenters. The Balaban J connectivity index is 1.77. The summed E-state index contributed by atoms with van der Waals surface area (Å²) < 4.78 is 28.3. The second-order valence-electron chi connectivity index (χ2n) is 6.90. The van der Waals surface area contributed by atoms with E-state index in [0.29, 0.717) is 11.4 Å². The number of sulfonamides is 1. The molecular weight excluding hydrogens is 400 g/mol. The van der Waals surface area contributed by atoms with Crippen LogP contribution < -0.4 is 4.72 Å². The summed E-state index contributed by atoms with van der Waals surface area (Å²) in [5.41, 5.74) is 5.23. The van der Waals surface area contributed by atoms with E-state index >= 15 is 0 Å². The Morgan fingerprint density at radius 3 is 2.03 bits per heavy atom. The Morgan fingerprint density at radius 1 is 0.897 bits per heavy atom. The molecule has 4 nitrogen and oxygen atoms in total. The number of rotatable bonds is 6. The topological polar surface area (TPSA) is 58.5 Å². The highest BCUT2D eigenvalue weighted by atomic mass is 32.2. The van der Waals surface area contributed by atoms with Gasteiger partial charge in [-0.05, 0) is 80.1 Å². The van der Waals surface area contributed by atoms with Crippen molar-refractivity contribution in [1.29, 1.82) is 0 Å². The molecule has 3 aromatic carbocycles. The van der Waals surface area contributed by atoms with Crippen LogP contribution in [0.4, 0.5) is 11.4 Å². The van der Waals surface area contributed by atoms with Crippen molar-refractivity contribution in [3.63, 3.8) is 0 Å². The second-order valence-corrected chi connectivity index (χ2v) is 9.47. The average molecular weight is 425 g/mol. The molecule has 0 atom stereocenters. The molecule has 1 N–H and O–H groups in total. The van der Waals surface area contributed by atoms with Gasteiger partial charge in [0.2, 0.25) is 0 Å². The maximum Gasteiger partial charge on any atom is 0.261 e. The molecule has 0 aromatic heterocycles. The molecule has 0 amide bonds. The fourth-order valence-corrected chi connectivity index (χ4v) is 4.70. The quantitative estimate of drug-likeness (QED) is 0.397. The lowest BCUT2D eigenvalue weighted by molar-refractivity contribution is 0.601. The molecule has 0 aliphatic heterocycles. The van der Waals surface area contributed by atoms with Crippen LogP contribution in [-0.4, -0.2) is 20.9 Å². The van der Waals surface area contributed by atoms with Gasteiger partial charge in [0.05, 0.1) is 16.3 Å². The predicted octanol–water partition coefficient (Wildman–Crippen LogP) is 5.89. The van der Waals surface area contributed by atoms with Crippen LogP contribution in [0.2, 0.25) is 0 Å². The molecule has 0 radical (unpaired) electrons. The van der Waals surface area contributed by atoms with Crippen LogP contribution >= 0.6 is 11.8 Å². The molecular formula is C23H24N2O2S2. The number of nitrogens with zero attached hydrogens (tertiary/aromatic N) is 1. The van der Waals surface area contributed by atoms with E-state index in [9.17, 15) is 8.42 Å². The molecule has 0 bridgehead atoms. The van der Waals surface area contributed by atoms with Crippen molar-refractivity contribution in [3.05, 3.63) is 82.9 Å². The van der Waals surface area contributed by atoms with Gasteiger partial charge in [-0.25, -0.2) is 8.42 Å². The standard InChI is InChI=1S/C23H24N2O2S2/c1-16-13-17(2)23(18(3)14-16)25-29(26,27)22-11-7-20(8-12-22)24-15-19-5-9-21(28-4)10-6-19/h5-15,25H,1-4H3. The summed E-state index contributed by atoms with van der Waals surface area (Å²) in [5, 5.41) is 0. The molecule has 29 heavy (non-hydrogen) atoms. The number of thioether (sulfide) groups is 1. The third-order valence-electron chi connectivity index (χ3n) is 4.54. The zero-order valence-electron chi connectivity index (χ0n) is 16.9. The monoisotopic (exact) mass is 424 g/mol. The average Bonchev–Trinajstić information content (AvgIpc) is 2.70. The van der Waals surface area contributed by atoms with Gasteiger partial charge in [0.1, 0.15) is 0 Å². The van der Waals surface area contributed by atoms with E-state index in [4.69, 9.17) is 0 Å². The van der Waals surface area contributed by atoms with Crippen LogP contribution in [0.3, 0.4) is 0 Å². The Hall–Kier alpha value is -2.57. The Morgan fingerprint density at radius 2 is 1.48 bits per heavy atom. The highest BCUT2D eigenvalue weighted by molar-refractivity contribution is 7.98. The van der Waals surface area contributed by atoms with Crippen LogP contribution in [0, 0.1) is 20.8 Å². The lowest BCUT2D eigenvalue weighted by Crippen LogP contribution is -2.14. The minimum absolute atomic E-state index is 0.208. The zero-order chi connectivity index (χ0) is 21.0. The van der Waals surface area contributed by atoms with Crippen molar-refractivity contribution >= 4 is 39.4 Å². The summed E-state index contributed by atoms with van der Waals surface area (Å²) in [6, 6.07) is 18.6. The van der Waals surface area contributed by atoms with Crippen LogP contribution in [0.15, 0.2) is 75.4 Å². The molecule has 0 spiro atoms. The van der Waals surface area contributed by atoms with Crippen LogP contribution in [0.1, 0.15) is 22.3 Å². The number of hydrogen-bond acceptors (Lipinski definition) is 4. The molecule has 150 valence electrons. The first-order valence-electron chi connectivity index (χ1n) is 9.17. The molecule has 0 saturated heterocycles. The van der Waals surface area contributed by atoms with Gasteiger partial charge >= 0.3 is 0 Å². The fraction of sp³-hybridized carbons (Fsp3) is 0.174. The van der Waals surface area contributed by atoms with E-state index in [1.54, 1.807) is 42.2 Å². The minimum atomic E-state index is -3.67. The number of anilines is 1. The number of nitrogens with one attached hydrogen (secondary N) is 1. The Bertz CT molecular complexity index is 1110. The van der Waals surface area contributed by atoms with E-state index in [0.717, 1.165) is 22.3 Å². The van der Waals surface area contributed by atoms with Gasteiger partial charge in [0, 0.05) is 11.1 Å².